The van der Waals surface area contributed by atoms with E-state index in [4.69, 9.17) is 14.2 Å². The Morgan fingerprint density at radius 3 is 2.13 bits per heavy atom. The highest BCUT2D eigenvalue weighted by molar-refractivity contribution is 5.90. The summed E-state index contributed by atoms with van der Waals surface area (Å²) >= 11 is 0. The van der Waals surface area contributed by atoms with E-state index in [-0.39, 0.29) is 18.5 Å². The molecular formula is C22H34N2O6. The lowest BCUT2D eigenvalue weighted by atomic mass is 9.88. The molecule has 0 fully saturated rings. The molecule has 2 heterocycles. The summed E-state index contributed by atoms with van der Waals surface area (Å²) in [7, 11) is 1.31. The predicted octanol–water partition coefficient (Wildman–Crippen LogP) is 3.52. The highest BCUT2D eigenvalue weighted by Crippen LogP contribution is 2.29. The lowest BCUT2D eigenvalue weighted by Crippen LogP contribution is -2.53. The van der Waals surface area contributed by atoms with Crippen LogP contribution in [0, 0.1) is 5.92 Å². The van der Waals surface area contributed by atoms with E-state index in [0.29, 0.717) is 25.1 Å². The number of ether oxygens (including phenoxy) is 3. The topological polar surface area (TPSA) is 85.4 Å². The molecule has 0 bridgehead atoms. The third-order valence-corrected chi connectivity index (χ3v) is 4.68. The number of methoxy groups -OCH3 is 1. The fraction of sp³-hybridized carbons (Fsp3) is 0.682. The minimum atomic E-state index is -0.657. The van der Waals surface area contributed by atoms with Crippen LogP contribution in [0.25, 0.3) is 0 Å². The Morgan fingerprint density at radius 1 is 0.967 bits per heavy atom. The van der Waals surface area contributed by atoms with Crippen molar-refractivity contribution in [2.45, 2.75) is 65.2 Å². The molecular weight excluding hydrogens is 388 g/mol. The zero-order valence-electron chi connectivity index (χ0n) is 19.1. The van der Waals surface area contributed by atoms with Crippen LogP contribution in [0.15, 0.2) is 23.8 Å². The molecule has 0 spiro atoms. The first-order chi connectivity index (χ1) is 13.8. The van der Waals surface area contributed by atoms with Gasteiger partial charge in [0.05, 0.1) is 19.2 Å². The number of esters is 1. The second-order valence-electron chi connectivity index (χ2n) is 9.62. The van der Waals surface area contributed by atoms with Crippen molar-refractivity contribution in [1.82, 2.24) is 9.80 Å². The molecule has 168 valence electrons. The Labute approximate surface area is 178 Å². The van der Waals surface area contributed by atoms with Gasteiger partial charge in [-0.2, -0.15) is 0 Å². The fourth-order valence-electron chi connectivity index (χ4n) is 3.47. The molecule has 0 unspecified atom stereocenters. The molecule has 2 rings (SSSR count). The van der Waals surface area contributed by atoms with Crippen LogP contribution in [-0.2, 0) is 19.0 Å². The maximum Gasteiger partial charge on any atom is 0.410 e. The molecule has 0 saturated heterocycles. The Bertz CT molecular complexity index is 729. The van der Waals surface area contributed by atoms with Gasteiger partial charge < -0.3 is 24.0 Å². The van der Waals surface area contributed by atoms with Crippen molar-refractivity contribution < 1.29 is 28.6 Å². The van der Waals surface area contributed by atoms with Crippen molar-refractivity contribution >= 4 is 18.2 Å². The number of rotatable bonds is 2. The van der Waals surface area contributed by atoms with Gasteiger partial charge in [0.2, 0.25) is 0 Å². The predicted molar refractivity (Wildman–Crippen MR) is 112 cm³/mol. The van der Waals surface area contributed by atoms with Gasteiger partial charge in [0.15, 0.2) is 0 Å². The molecule has 0 saturated carbocycles. The third-order valence-electron chi connectivity index (χ3n) is 4.68. The van der Waals surface area contributed by atoms with Crippen LogP contribution in [0.2, 0.25) is 0 Å². The van der Waals surface area contributed by atoms with E-state index >= 15 is 0 Å². The lowest BCUT2D eigenvalue weighted by Gasteiger charge is -2.41. The van der Waals surface area contributed by atoms with E-state index in [2.05, 4.69) is 0 Å². The zero-order valence-corrected chi connectivity index (χ0v) is 19.1. The number of carbonyl (C=O) groups is 3. The van der Waals surface area contributed by atoms with Crippen LogP contribution >= 0.6 is 0 Å². The quantitative estimate of drug-likeness (QED) is 0.385. The van der Waals surface area contributed by atoms with Crippen LogP contribution in [0.4, 0.5) is 9.59 Å². The molecule has 0 N–H and O–H groups in total. The minimum Gasteiger partial charge on any atom is -0.466 e. The molecule has 0 aliphatic carbocycles. The molecule has 0 aromatic rings. The normalized spacial score (nSPS) is 22.3. The fourth-order valence-corrected chi connectivity index (χ4v) is 3.47. The van der Waals surface area contributed by atoms with Gasteiger partial charge in [0.25, 0.3) is 0 Å². The number of nitrogens with zero attached hydrogens (tertiary/aromatic N) is 2. The highest BCUT2D eigenvalue weighted by Gasteiger charge is 2.38. The van der Waals surface area contributed by atoms with E-state index < -0.39 is 29.4 Å². The molecule has 30 heavy (non-hydrogen) atoms. The monoisotopic (exact) mass is 422 g/mol. The second kappa shape index (κ2) is 9.10. The van der Waals surface area contributed by atoms with Crippen LogP contribution in [-0.4, -0.2) is 71.9 Å². The largest absolute Gasteiger partial charge is 0.466 e. The van der Waals surface area contributed by atoms with Crippen LogP contribution in [0.1, 0.15) is 48.0 Å². The first kappa shape index (κ1) is 23.8. The Balaban J connectivity index is 2.30. The summed E-state index contributed by atoms with van der Waals surface area (Å²) in [4.78, 5) is 40.9. The maximum absolute atomic E-state index is 12.8. The Kier molecular flexibility index (Phi) is 7.21. The van der Waals surface area contributed by atoms with E-state index in [1.54, 1.807) is 25.7 Å². The average molecular weight is 423 g/mol. The van der Waals surface area contributed by atoms with Gasteiger partial charge in [-0.05, 0) is 48.0 Å². The molecule has 2 amide bonds. The molecule has 8 heteroatoms. The summed E-state index contributed by atoms with van der Waals surface area (Å²) in [5.41, 5.74) is -0.904. The van der Waals surface area contributed by atoms with Crippen molar-refractivity contribution in [2.24, 2.45) is 5.92 Å². The summed E-state index contributed by atoms with van der Waals surface area (Å²) in [6.07, 6.45) is 5.41. The number of hydrogen-bond donors (Lipinski definition) is 0. The number of hydrogen-bond acceptors (Lipinski definition) is 6. The van der Waals surface area contributed by atoms with Gasteiger partial charge in [-0.3, -0.25) is 0 Å². The van der Waals surface area contributed by atoms with E-state index in [1.807, 2.05) is 39.0 Å². The maximum atomic E-state index is 12.8. The van der Waals surface area contributed by atoms with Crippen molar-refractivity contribution in [3.63, 3.8) is 0 Å². The van der Waals surface area contributed by atoms with E-state index in [0.717, 1.165) is 0 Å². The zero-order chi connectivity index (χ0) is 22.7. The molecule has 0 aromatic heterocycles. The highest BCUT2D eigenvalue weighted by atomic mass is 16.6. The van der Waals surface area contributed by atoms with Crippen molar-refractivity contribution in [3.8, 4) is 0 Å². The summed E-state index contributed by atoms with van der Waals surface area (Å²) in [6.45, 7) is 11.7. The molecule has 2 aliphatic heterocycles. The number of carbonyl (C=O) groups excluding carboxylic acids is 3. The average Bonchev–Trinajstić information content (AvgIpc) is 2.64. The summed E-state index contributed by atoms with van der Waals surface area (Å²) in [5.74, 6) is -0.763. The molecule has 0 aromatic carbocycles. The van der Waals surface area contributed by atoms with Crippen LogP contribution < -0.4 is 0 Å². The number of amides is 2. The first-order valence-corrected chi connectivity index (χ1v) is 10.2. The van der Waals surface area contributed by atoms with Crippen molar-refractivity contribution in [3.05, 3.63) is 23.8 Å². The summed E-state index contributed by atoms with van der Waals surface area (Å²) in [5, 5.41) is 0. The molecule has 2 aliphatic rings. The Morgan fingerprint density at radius 2 is 1.57 bits per heavy atom. The SMILES string of the molecule is COC(=O)C1=C[C@H]([C@H]2CC=CCN2C(=O)OC(C)(C)C)CN(C(=O)OC(C)(C)C)C1. The van der Waals surface area contributed by atoms with Gasteiger partial charge in [0.1, 0.15) is 11.2 Å². The minimum absolute atomic E-state index is 0.104. The molecule has 2 atom stereocenters. The van der Waals surface area contributed by atoms with Crippen molar-refractivity contribution in [2.75, 3.05) is 26.7 Å². The molecule has 0 radical (unpaired) electrons. The van der Waals surface area contributed by atoms with Gasteiger partial charge in [-0.15, -0.1) is 0 Å². The first-order valence-electron chi connectivity index (χ1n) is 10.2. The Hall–Kier alpha value is -2.51. The smallest absolute Gasteiger partial charge is 0.410 e. The second-order valence-corrected chi connectivity index (χ2v) is 9.62. The molecule has 8 nitrogen and oxygen atoms in total. The van der Waals surface area contributed by atoms with E-state index in [9.17, 15) is 14.4 Å². The van der Waals surface area contributed by atoms with Crippen LogP contribution in [0.5, 0.6) is 0 Å². The summed E-state index contributed by atoms with van der Waals surface area (Å²) < 4.78 is 16.0. The summed E-state index contributed by atoms with van der Waals surface area (Å²) in [6, 6.07) is -0.255. The third kappa shape index (κ3) is 6.50. The standard InChI is InChI=1S/C22H34N2O6/c1-21(2,3)29-19(26)23-13-15(12-16(14-23)18(25)28-7)17-10-8-9-11-24(17)20(27)30-22(4,5)6/h8-9,12,15,17H,10-11,13-14H2,1-7H3/t15-,17+/m0/s1. The lowest BCUT2D eigenvalue weighted by molar-refractivity contribution is -0.136. The van der Waals surface area contributed by atoms with Gasteiger partial charge in [-0.25, -0.2) is 14.4 Å². The van der Waals surface area contributed by atoms with Gasteiger partial charge in [0, 0.05) is 25.0 Å². The van der Waals surface area contributed by atoms with Crippen LogP contribution in [0.3, 0.4) is 0 Å². The van der Waals surface area contributed by atoms with Crippen molar-refractivity contribution in [1.29, 1.82) is 0 Å². The van der Waals surface area contributed by atoms with Gasteiger partial charge >= 0.3 is 18.2 Å². The van der Waals surface area contributed by atoms with Gasteiger partial charge in [-0.1, -0.05) is 18.2 Å². The van der Waals surface area contributed by atoms with E-state index in [1.165, 1.54) is 12.0 Å².